The summed E-state index contributed by atoms with van der Waals surface area (Å²) < 4.78 is 25.5. The predicted octanol–water partition coefficient (Wildman–Crippen LogP) is 2.06. The molecule has 0 amide bonds. The molecular weight excluding hydrogens is 439 g/mol. The van der Waals surface area contributed by atoms with Crippen molar-refractivity contribution in [3.8, 4) is 0 Å². The predicted molar refractivity (Wildman–Crippen MR) is 111 cm³/mol. The molecule has 0 aliphatic carbocycles. The van der Waals surface area contributed by atoms with Crippen LogP contribution in [-0.4, -0.2) is 35.0 Å². The first-order chi connectivity index (χ1) is 10.9. The summed E-state index contributed by atoms with van der Waals surface area (Å²) in [5, 5.41) is 6.50. The van der Waals surface area contributed by atoms with Crippen molar-refractivity contribution >= 4 is 40.0 Å². The third kappa shape index (κ3) is 9.43. The zero-order valence-corrected chi connectivity index (χ0v) is 17.9. The van der Waals surface area contributed by atoms with Gasteiger partial charge in [0.1, 0.15) is 0 Å². The van der Waals surface area contributed by atoms with E-state index in [9.17, 15) is 8.42 Å². The summed E-state index contributed by atoms with van der Waals surface area (Å²) in [6.45, 7) is 5.83. The van der Waals surface area contributed by atoms with E-state index < -0.39 is 10.0 Å². The van der Waals surface area contributed by atoms with Crippen molar-refractivity contribution in [3.05, 3.63) is 35.4 Å². The molecule has 3 N–H and O–H groups in total. The Bertz CT molecular complexity index is 618. The summed E-state index contributed by atoms with van der Waals surface area (Å²) in [6.07, 6.45) is 1.08. The topological polar surface area (TPSA) is 82.6 Å². The Balaban J connectivity index is 0.00000529. The van der Waals surface area contributed by atoms with Crippen molar-refractivity contribution in [2.45, 2.75) is 32.6 Å². The van der Waals surface area contributed by atoms with Crippen LogP contribution in [0.1, 0.15) is 31.4 Å². The van der Waals surface area contributed by atoms with Gasteiger partial charge in [-0.15, -0.1) is 24.0 Å². The van der Waals surface area contributed by atoms with Gasteiger partial charge in [0.05, 0.1) is 5.75 Å². The Morgan fingerprint density at radius 2 is 1.88 bits per heavy atom. The van der Waals surface area contributed by atoms with Gasteiger partial charge in [-0.25, -0.2) is 13.1 Å². The molecular formula is C16H29IN4O2S. The van der Waals surface area contributed by atoms with E-state index in [4.69, 9.17) is 0 Å². The van der Waals surface area contributed by atoms with Gasteiger partial charge in [-0.2, -0.15) is 0 Å². The molecule has 8 heteroatoms. The van der Waals surface area contributed by atoms with Gasteiger partial charge in [-0.05, 0) is 30.5 Å². The van der Waals surface area contributed by atoms with E-state index in [1.807, 2.05) is 24.3 Å². The monoisotopic (exact) mass is 468 g/mol. The summed E-state index contributed by atoms with van der Waals surface area (Å²) in [4.78, 5) is 4.18. The number of halogens is 1. The van der Waals surface area contributed by atoms with Gasteiger partial charge < -0.3 is 10.6 Å². The highest BCUT2D eigenvalue weighted by Crippen LogP contribution is 2.08. The summed E-state index contributed by atoms with van der Waals surface area (Å²) in [7, 11) is -0.0910. The molecule has 1 aromatic rings. The number of hydrogen-bond donors (Lipinski definition) is 3. The first-order valence-electron chi connectivity index (χ1n) is 7.80. The van der Waals surface area contributed by atoms with E-state index in [2.05, 4.69) is 34.2 Å². The van der Waals surface area contributed by atoms with Gasteiger partial charge in [0.15, 0.2) is 5.96 Å². The van der Waals surface area contributed by atoms with Crippen molar-refractivity contribution < 1.29 is 8.42 Å². The minimum atomic E-state index is -3.25. The number of sulfonamides is 1. The fourth-order valence-corrected chi connectivity index (χ4v) is 2.77. The Hall–Kier alpha value is -0.870. The van der Waals surface area contributed by atoms with Crippen LogP contribution in [0.5, 0.6) is 0 Å². The lowest BCUT2D eigenvalue weighted by atomic mass is 10.1. The van der Waals surface area contributed by atoms with Crippen LogP contribution < -0.4 is 15.4 Å². The highest BCUT2D eigenvalue weighted by molar-refractivity contribution is 14.0. The van der Waals surface area contributed by atoms with Gasteiger partial charge in [-0.1, -0.05) is 38.1 Å². The number of benzene rings is 1. The lowest BCUT2D eigenvalue weighted by molar-refractivity contribution is 0.573. The molecule has 24 heavy (non-hydrogen) atoms. The number of rotatable bonds is 8. The molecule has 0 aromatic heterocycles. The van der Waals surface area contributed by atoms with Crippen LogP contribution in [-0.2, 0) is 22.3 Å². The molecule has 0 unspecified atom stereocenters. The summed E-state index contributed by atoms with van der Waals surface area (Å²) >= 11 is 0. The maximum atomic E-state index is 11.6. The third-order valence-electron chi connectivity index (χ3n) is 3.36. The van der Waals surface area contributed by atoms with Crippen molar-refractivity contribution in [2.75, 3.05) is 20.6 Å². The molecule has 0 aliphatic heterocycles. The van der Waals surface area contributed by atoms with Gasteiger partial charge >= 0.3 is 0 Å². The minimum Gasteiger partial charge on any atom is -0.356 e. The Kier molecular flexibility index (Phi) is 11.2. The summed E-state index contributed by atoms with van der Waals surface area (Å²) in [5.41, 5.74) is 1.78. The smallest absolute Gasteiger partial charge is 0.215 e. The second kappa shape index (κ2) is 11.6. The summed E-state index contributed by atoms with van der Waals surface area (Å²) in [5.74, 6) is 1.38. The highest BCUT2D eigenvalue weighted by atomic mass is 127. The number of guanidine groups is 1. The van der Waals surface area contributed by atoms with Crippen LogP contribution >= 0.6 is 24.0 Å². The normalized spacial score (nSPS) is 12.0. The Labute approximate surface area is 163 Å². The van der Waals surface area contributed by atoms with E-state index in [0.29, 0.717) is 12.5 Å². The number of aliphatic imine (C=N–C) groups is 1. The molecule has 0 aliphatic rings. The number of nitrogens with zero attached hydrogens (tertiary/aromatic N) is 1. The third-order valence-corrected chi connectivity index (χ3v) is 4.69. The van der Waals surface area contributed by atoms with Crippen molar-refractivity contribution in [1.82, 2.24) is 15.4 Å². The lowest BCUT2D eigenvalue weighted by Crippen LogP contribution is -2.37. The second-order valence-corrected chi connectivity index (χ2v) is 7.74. The zero-order valence-electron chi connectivity index (χ0n) is 14.8. The van der Waals surface area contributed by atoms with Crippen molar-refractivity contribution in [3.63, 3.8) is 0 Å². The van der Waals surface area contributed by atoms with Crippen LogP contribution in [0.3, 0.4) is 0 Å². The van der Waals surface area contributed by atoms with Gasteiger partial charge in [0.25, 0.3) is 0 Å². The van der Waals surface area contributed by atoms with E-state index in [-0.39, 0.29) is 29.7 Å². The number of hydrogen-bond acceptors (Lipinski definition) is 3. The average molecular weight is 468 g/mol. The molecule has 0 heterocycles. The fraction of sp³-hybridized carbons (Fsp3) is 0.562. The molecule has 0 bridgehead atoms. The van der Waals surface area contributed by atoms with Crippen molar-refractivity contribution in [2.24, 2.45) is 10.9 Å². The van der Waals surface area contributed by atoms with Gasteiger partial charge in [-0.3, -0.25) is 4.99 Å². The zero-order chi connectivity index (χ0) is 17.3. The average Bonchev–Trinajstić information content (AvgIpc) is 2.50. The van der Waals surface area contributed by atoms with Crippen molar-refractivity contribution in [1.29, 1.82) is 0 Å². The molecule has 138 valence electrons. The first kappa shape index (κ1) is 23.1. The van der Waals surface area contributed by atoms with E-state index >= 15 is 0 Å². The van der Waals surface area contributed by atoms with Crippen LogP contribution in [0.2, 0.25) is 0 Å². The molecule has 0 spiro atoms. The van der Waals surface area contributed by atoms with Gasteiger partial charge in [0.2, 0.25) is 10.0 Å². The Morgan fingerprint density at radius 1 is 1.21 bits per heavy atom. The molecule has 0 atom stereocenters. The second-order valence-electron chi connectivity index (χ2n) is 5.82. The maximum absolute atomic E-state index is 11.6. The van der Waals surface area contributed by atoms with E-state index in [1.54, 1.807) is 7.05 Å². The molecule has 0 saturated heterocycles. The SMILES string of the molecule is CN=C(NCCC(C)C)NCc1cccc(CS(=O)(=O)NC)c1.I. The molecule has 6 nitrogen and oxygen atoms in total. The number of nitrogens with one attached hydrogen (secondary N) is 3. The van der Waals surface area contributed by atoms with Crippen LogP contribution in [0.4, 0.5) is 0 Å². The standard InChI is InChI=1S/C16H28N4O2S.HI/c1-13(2)8-9-19-16(17-3)20-11-14-6-5-7-15(10-14)12-23(21,22)18-4;/h5-7,10,13,18H,8-9,11-12H2,1-4H3,(H2,17,19,20);1H. The maximum Gasteiger partial charge on any atom is 0.215 e. The molecule has 0 fully saturated rings. The quantitative estimate of drug-likeness (QED) is 0.310. The van der Waals surface area contributed by atoms with Crippen LogP contribution in [0.15, 0.2) is 29.3 Å². The fourth-order valence-electron chi connectivity index (χ4n) is 2.01. The summed E-state index contributed by atoms with van der Waals surface area (Å²) in [6, 6.07) is 7.54. The molecule has 1 rings (SSSR count). The van der Waals surface area contributed by atoms with Gasteiger partial charge in [0, 0.05) is 20.1 Å². The van der Waals surface area contributed by atoms with Crippen LogP contribution in [0.25, 0.3) is 0 Å². The minimum absolute atomic E-state index is 0. The Morgan fingerprint density at radius 3 is 2.46 bits per heavy atom. The molecule has 0 saturated carbocycles. The molecule has 0 radical (unpaired) electrons. The molecule has 1 aromatic carbocycles. The van der Waals surface area contributed by atoms with E-state index in [1.165, 1.54) is 7.05 Å². The highest BCUT2D eigenvalue weighted by Gasteiger charge is 2.09. The first-order valence-corrected chi connectivity index (χ1v) is 9.45. The van der Waals surface area contributed by atoms with E-state index in [0.717, 1.165) is 30.1 Å². The van der Waals surface area contributed by atoms with Crippen LogP contribution in [0, 0.1) is 5.92 Å². The lowest BCUT2D eigenvalue weighted by Gasteiger charge is -2.13. The largest absolute Gasteiger partial charge is 0.356 e.